The van der Waals surface area contributed by atoms with Crippen LogP contribution in [0.4, 0.5) is 0 Å². The van der Waals surface area contributed by atoms with Crippen molar-refractivity contribution >= 4 is 17.6 Å². The van der Waals surface area contributed by atoms with Crippen molar-refractivity contribution in [1.29, 1.82) is 0 Å². The molecule has 0 aliphatic carbocycles. The summed E-state index contributed by atoms with van der Waals surface area (Å²) in [4.78, 5) is 4.65. The van der Waals surface area contributed by atoms with E-state index in [1.807, 2.05) is 19.1 Å². The number of fused-ring (bicyclic) bond motifs is 1. The minimum absolute atomic E-state index is 0.199. The molecule has 2 N–H and O–H groups in total. The van der Waals surface area contributed by atoms with Gasteiger partial charge in [-0.25, -0.2) is 4.99 Å². The number of nitrogens with one attached hydrogen (secondary N) is 2. The van der Waals surface area contributed by atoms with Crippen LogP contribution in [-0.2, 0) is 25.9 Å². The highest BCUT2D eigenvalue weighted by Crippen LogP contribution is 2.39. The molecule has 7 nitrogen and oxygen atoms in total. The molecule has 0 amide bonds. The number of benzene rings is 1. The van der Waals surface area contributed by atoms with Gasteiger partial charge in [0.2, 0.25) is 6.79 Å². The van der Waals surface area contributed by atoms with Crippen LogP contribution in [0.2, 0.25) is 5.02 Å². The summed E-state index contributed by atoms with van der Waals surface area (Å²) in [5.41, 5.74) is 3.05. The van der Waals surface area contributed by atoms with Gasteiger partial charge in [0.05, 0.1) is 17.3 Å². The van der Waals surface area contributed by atoms with Gasteiger partial charge in [-0.3, -0.25) is 0 Å². The summed E-state index contributed by atoms with van der Waals surface area (Å²) in [6.45, 7) is 8.21. The fraction of sp³-hybridized carbons (Fsp3) is 0.474. The van der Waals surface area contributed by atoms with E-state index in [1.165, 1.54) is 0 Å². The lowest BCUT2D eigenvalue weighted by Gasteiger charge is -2.12. The van der Waals surface area contributed by atoms with Crippen LogP contribution >= 0.6 is 11.6 Å². The average Bonchev–Trinajstić information content (AvgIpc) is 3.30. The van der Waals surface area contributed by atoms with Crippen LogP contribution < -0.4 is 20.1 Å². The van der Waals surface area contributed by atoms with Gasteiger partial charge in [0.15, 0.2) is 17.5 Å². The molecule has 146 valence electrons. The first-order valence-electron chi connectivity index (χ1n) is 9.22. The topological polar surface area (TPSA) is 80.9 Å². The third kappa shape index (κ3) is 4.47. The van der Waals surface area contributed by atoms with E-state index < -0.39 is 0 Å². The molecule has 3 rings (SSSR count). The molecule has 0 spiro atoms. The monoisotopic (exact) mass is 392 g/mol. The number of halogens is 1. The maximum Gasteiger partial charge on any atom is 0.231 e. The molecule has 2 aromatic rings. The highest BCUT2D eigenvalue weighted by molar-refractivity contribution is 6.32. The Labute approximate surface area is 164 Å². The van der Waals surface area contributed by atoms with E-state index in [2.05, 4.69) is 34.6 Å². The van der Waals surface area contributed by atoms with Gasteiger partial charge in [0.25, 0.3) is 0 Å². The van der Waals surface area contributed by atoms with Crippen molar-refractivity contribution < 1.29 is 14.0 Å². The standard InChI is InChI=1S/C19H25ClN4O3/c1-4-15-13(16(5-2)27-24-15)10-23-19(21-6-3)22-9-12-7-14(20)18-17(8-12)25-11-26-18/h7-8H,4-6,9-11H2,1-3H3,(H2,21,22,23). The summed E-state index contributed by atoms with van der Waals surface area (Å²) in [7, 11) is 0. The van der Waals surface area contributed by atoms with E-state index in [0.717, 1.165) is 47.9 Å². The Morgan fingerprint density at radius 3 is 2.78 bits per heavy atom. The molecule has 0 fully saturated rings. The minimum atomic E-state index is 0.199. The van der Waals surface area contributed by atoms with Crippen LogP contribution in [0, 0.1) is 0 Å². The number of aryl methyl sites for hydroxylation is 2. The summed E-state index contributed by atoms with van der Waals surface area (Å²) in [6, 6.07) is 3.76. The highest BCUT2D eigenvalue weighted by atomic mass is 35.5. The summed E-state index contributed by atoms with van der Waals surface area (Å²) in [5, 5.41) is 11.3. The molecule has 2 heterocycles. The highest BCUT2D eigenvalue weighted by Gasteiger charge is 2.18. The molecule has 8 heteroatoms. The normalized spacial score (nSPS) is 13.1. The zero-order valence-corrected chi connectivity index (χ0v) is 16.7. The van der Waals surface area contributed by atoms with Gasteiger partial charge in [0, 0.05) is 25.1 Å². The number of aliphatic imine (C=N–C) groups is 1. The van der Waals surface area contributed by atoms with Crippen LogP contribution in [0.15, 0.2) is 21.6 Å². The SMILES string of the molecule is CCNC(=NCc1cc(Cl)c2c(c1)OCO2)NCc1c(CC)noc1CC. The van der Waals surface area contributed by atoms with Crippen molar-refractivity contribution in [2.75, 3.05) is 13.3 Å². The first kappa shape index (κ1) is 19.4. The summed E-state index contributed by atoms with van der Waals surface area (Å²) in [5.74, 6) is 2.89. The molecule has 0 saturated carbocycles. The second-order valence-electron chi connectivity index (χ2n) is 6.10. The van der Waals surface area contributed by atoms with Crippen molar-refractivity contribution in [2.24, 2.45) is 4.99 Å². The molecule has 1 aromatic heterocycles. The predicted octanol–water partition coefficient (Wildman–Crippen LogP) is 3.44. The van der Waals surface area contributed by atoms with E-state index in [4.69, 9.17) is 25.6 Å². The van der Waals surface area contributed by atoms with Gasteiger partial charge in [-0.15, -0.1) is 0 Å². The number of guanidine groups is 1. The molecule has 27 heavy (non-hydrogen) atoms. The van der Waals surface area contributed by atoms with Gasteiger partial charge in [-0.1, -0.05) is 30.6 Å². The number of hydrogen-bond acceptors (Lipinski definition) is 5. The number of rotatable bonds is 7. The fourth-order valence-electron chi connectivity index (χ4n) is 2.93. The zero-order valence-electron chi connectivity index (χ0n) is 15.9. The van der Waals surface area contributed by atoms with E-state index in [9.17, 15) is 0 Å². The van der Waals surface area contributed by atoms with Crippen LogP contribution in [0.5, 0.6) is 11.5 Å². The second-order valence-corrected chi connectivity index (χ2v) is 6.51. The smallest absolute Gasteiger partial charge is 0.231 e. The lowest BCUT2D eigenvalue weighted by atomic mass is 10.1. The molecule has 0 radical (unpaired) electrons. The van der Waals surface area contributed by atoms with Crippen LogP contribution in [-0.4, -0.2) is 24.5 Å². The summed E-state index contributed by atoms with van der Waals surface area (Å²) >= 11 is 6.24. The van der Waals surface area contributed by atoms with Gasteiger partial charge in [-0.05, 0) is 31.0 Å². The molecule has 1 aromatic carbocycles. The Morgan fingerprint density at radius 1 is 1.19 bits per heavy atom. The molecule has 0 atom stereocenters. The Kier molecular flexibility index (Phi) is 6.45. The predicted molar refractivity (Wildman–Crippen MR) is 104 cm³/mol. The van der Waals surface area contributed by atoms with Crippen LogP contribution in [0.25, 0.3) is 0 Å². The molecule has 1 aliphatic rings. The number of ether oxygens (including phenoxy) is 2. The Balaban J connectivity index is 1.70. The lowest BCUT2D eigenvalue weighted by Crippen LogP contribution is -2.37. The second kappa shape index (κ2) is 8.99. The van der Waals surface area contributed by atoms with E-state index >= 15 is 0 Å². The molecular weight excluding hydrogens is 368 g/mol. The molecule has 0 bridgehead atoms. The Bertz CT molecular complexity index is 798. The largest absolute Gasteiger partial charge is 0.454 e. The van der Waals surface area contributed by atoms with E-state index in [0.29, 0.717) is 29.6 Å². The van der Waals surface area contributed by atoms with Crippen molar-refractivity contribution in [3.8, 4) is 11.5 Å². The Morgan fingerprint density at radius 2 is 2.04 bits per heavy atom. The number of hydrogen-bond donors (Lipinski definition) is 2. The molecule has 0 unspecified atom stereocenters. The van der Waals surface area contributed by atoms with Gasteiger partial charge < -0.3 is 24.6 Å². The summed E-state index contributed by atoms with van der Waals surface area (Å²) in [6.07, 6.45) is 1.65. The lowest BCUT2D eigenvalue weighted by molar-refractivity contribution is 0.174. The third-order valence-electron chi connectivity index (χ3n) is 4.29. The van der Waals surface area contributed by atoms with Crippen LogP contribution in [0.1, 0.15) is 43.4 Å². The van der Waals surface area contributed by atoms with Crippen molar-refractivity contribution in [2.45, 2.75) is 46.7 Å². The zero-order chi connectivity index (χ0) is 19.2. The van der Waals surface area contributed by atoms with Gasteiger partial charge >= 0.3 is 0 Å². The first-order valence-corrected chi connectivity index (χ1v) is 9.60. The van der Waals surface area contributed by atoms with E-state index in [-0.39, 0.29) is 6.79 Å². The molecule has 1 aliphatic heterocycles. The van der Waals surface area contributed by atoms with Crippen molar-refractivity contribution in [1.82, 2.24) is 15.8 Å². The fourth-order valence-corrected chi connectivity index (χ4v) is 3.22. The quantitative estimate of drug-likeness (QED) is 0.555. The third-order valence-corrected chi connectivity index (χ3v) is 4.57. The molecule has 0 saturated heterocycles. The van der Waals surface area contributed by atoms with Gasteiger partial charge in [-0.2, -0.15) is 0 Å². The number of aromatic nitrogens is 1. The Hall–Kier alpha value is -2.41. The van der Waals surface area contributed by atoms with Crippen molar-refractivity contribution in [3.05, 3.63) is 39.7 Å². The maximum atomic E-state index is 6.24. The average molecular weight is 393 g/mol. The maximum absolute atomic E-state index is 6.24. The number of nitrogens with zero attached hydrogens (tertiary/aromatic N) is 2. The minimum Gasteiger partial charge on any atom is -0.454 e. The molecular formula is C19H25ClN4O3. The first-order chi connectivity index (χ1) is 13.2. The van der Waals surface area contributed by atoms with Crippen LogP contribution in [0.3, 0.4) is 0 Å². The van der Waals surface area contributed by atoms with Gasteiger partial charge in [0.1, 0.15) is 5.76 Å². The van der Waals surface area contributed by atoms with E-state index in [1.54, 1.807) is 0 Å². The van der Waals surface area contributed by atoms with Crippen molar-refractivity contribution in [3.63, 3.8) is 0 Å². The summed E-state index contributed by atoms with van der Waals surface area (Å²) < 4.78 is 16.2.